The SMILES string of the molecule is COc1cc(OC)cc(C2CC(=O)c3c(c(CC=C(C)C)c4c(c3OC)OC(C)(C)C=C4)O2)c1. The summed E-state index contributed by atoms with van der Waals surface area (Å²) in [5.74, 6) is 2.79. The van der Waals surface area contributed by atoms with Crippen LogP contribution in [-0.4, -0.2) is 32.7 Å². The van der Waals surface area contributed by atoms with Crippen molar-refractivity contribution in [1.82, 2.24) is 0 Å². The number of hydrogen-bond donors (Lipinski definition) is 0. The van der Waals surface area contributed by atoms with E-state index in [0.717, 1.165) is 16.7 Å². The minimum Gasteiger partial charge on any atom is -0.497 e. The summed E-state index contributed by atoms with van der Waals surface area (Å²) in [7, 11) is 4.76. The average Bonchev–Trinajstić information content (AvgIpc) is 2.80. The van der Waals surface area contributed by atoms with Gasteiger partial charge in [0.05, 0.1) is 27.8 Å². The second kappa shape index (κ2) is 9.09. The summed E-state index contributed by atoms with van der Waals surface area (Å²) >= 11 is 0. The van der Waals surface area contributed by atoms with E-state index in [1.165, 1.54) is 5.57 Å². The first-order chi connectivity index (χ1) is 16.2. The molecular weight excluding hydrogens is 432 g/mol. The molecule has 6 heteroatoms. The highest BCUT2D eigenvalue weighted by atomic mass is 16.5. The third-order valence-electron chi connectivity index (χ3n) is 6.09. The molecule has 0 amide bonds. The second-order valence-electron chi connectivity index (χ2n) is 9.36. The Bertz CT molecular complexity index is 1160. The van der Waals surface area contributed by atoms with E-state index in [1.807, 2.05) is 38.1 Å². The van der Waals surface area contributed by atoms with Crippen LogP contribution >= 0.6 is 0 Å². The summed E-state index contributed by atoms with van der Waals surface area (Å²) in [5.41, 5.74) is 3.70. The Hall–Kier alpha value is -3.41. The van der Waals surface area contributed by atoms with Crippen LogP contribution in [0.2, 0.25) is 0 Å². The zero-order valence-corrected chi connectivity index (χ0v) is 20.9. The number of benzene rings is 2. The fourth-order valence-electron chi connectivity index (χ4n) is 4.35. The van der Waals surface area contributed by atoms with Gasteiger partial charge in [-0.25, -0.2) is 0 Å². The molecule has 6 nitrogen and oxygen atoms in total. The van der Waals surface area contributed by atoms with Crippen LogP contribution in [0, 0.1) is 0 Å². The number of methoxy groups -OCH3 is 3. The number of hydrogen-bond acceptors (Lipinski definition) is 6. The second-order valence-corrected chi connectivity index (χ2v) is 9.36. The van der Waals surface area contributed by atoms with Gasteiger partial charge in [0.1, 0.15) is 34.5 Å². The fraction of sp³-hybridized carbons (Fsp3) is 0.393. The van der Waals surface area contributed by atoms with Gasteiger partial charge in [0.25, 0.3) is 0 Å². The number of ketones is 1. The molecule has 1 atom stereocenters. The van der Waals surface area contributed by atoms with Crippen molar-refractivity contribution in [2.45, 2.75) is 52.2 Å². The van der Waals surface area contributed by atoms with E-state index in [1.54, 1.807) is 27.4 Å². The van der Waals surface area contributed by atoms with E-state index >= 15 is 0 Å². The Kier molecular flexibility index (Phi) is 6.34. The molecule has 1 unspecified atom stereocenters. The summed E-state index contributed by atoms with van der Waals surface area (Å²) in [4.78, 5) is 13.6. The minimum absolute atomic E-state index is 0.0536. The molecule has 0 fully saturated rings. The van der Waals surface area contributed by atoms with Crippen LogP contribution in [0.5, 0.6) is 28.7 Å². The smallest absolute Gasteiger partial charge is 0.176 e. The lowest BCUT2D eigenvalue weighted by atomic mass is 9.87. The summed E-state index contributed by atoms with van der Waals surface area (Å²) in [6.07, 6.45) is 6.47. The lowest BCUT2D eigenvalue weighted by molar-refractivity contribution is 0.0835. The molecule has 0 aliphatic carbocycles. The molecule has 2 aliphatic rings. The van der Waals surface area contributed by atoms with E-state index in [4.69, 9.17) is 23.7 Å². The standard InChI is InChI=1S/C28H32O6/c1-16(2)8-9-20-21-10-11-28(3,4)34-26(21)27(32-7)24-22(29)15-23(33-25(20)24)17-12-18(30-5)14-19(13-17)31-6/h8,10-14,23H,9,15H2,1-7H3. The van der Waals surface area contributed by atoms with Crippen molar-refractivity contribution in [2.75, 3.05) is 21.3 Å². The number of rotatable bonds is 6. The maximum absolute atomic E-state index is 13.6. The maximum Gasteiger partial charge on any atom is 0.176 e. The fourth-order valence-corrected chi connectivity index (χ4v) is 4.35. The summed E-state index contributed by atoms with van der Waals surface area (Å²) < 4.78 is 29.5. The van der Waals surface area contributed by atoms with E-state index in [2.05, 4.69) is 19.9 Å². The lowest BCUT2D eigenvalue weighted by Gasteiger charge is -2.35. The number of Topliss-reactive ketones (excluding diaryl/α,β-unsaturated/α-hetero) is 1. The zero-order chi connectivity index (χ0) is 24.6. The normalized spacial score (nSPS) is 17.6. The molecule has 0 aromatic heterocycles. The van der Waals surface area contributed by atoms with Crippen LogP contribution in [-0.2, 0) is 6.42 Å². The largest absolute Gasteiger partial charge is 0.497 e. The van der Waals surface area contributed by atoms with E-state index in [-0.39, 0.29) is 12.2 Å². The molecule has 2 aromatic carbocycles. The van der Waals surface area contributed by atoms with Gasteiger partial charge in [-0.15, -0.1) is 0 Å². The van der Waals surface area contributed by atoms with Gasteiger partial charge in [-0.3, -0.25) is 4.79 Å². The molecule has 2 heterocycles. The zero-order valence-electron chi connectivity index (χ0n) is 20.9. The molecule has 2 aliphatic heterocycles. The Morgan fingerprint density at radius 1 is 1.06 bits per heavy atom. The van der Waals surface area contributed by atoms with Crippen LogP contribution in [0.4, 0.5) is 0 Å². The van der Waals surface area contributed by atoms with Gasteiger partial charge in [-0.1, -0.05) is 17.7 Å². The quantitative estimate of drug-likeness (QED) is 0.481. The highest BCUT2D eigenvalue weighted by molar-refractivity contribution is 6.05. The molecule has 0 saturated carbocycles. The minimum atomic E-state index is -0.513. The highest BCUT2D eigenvalue weighted by Crippen LogP contribution is 2.52. The van der Waals surface area contributed by atoms with Crippen LogP contribution < -0.4 is 23.7 Å². The van der Waals surface area contributed by atoms with Crippen molar-refractivity contribution in [3.05, 3.63) is 58.2 Å². The van der Waals surface area contributed by atoms with E-state index < -0.39 is 11.7 Å². The maximum atomic E-state index is 13.6. The van der Waals surface area contributed by atoms with Crippen LogP contribution in [0.1, 0.15) is 67.3 Å². The van der Waals surface area contributed by atoms with Crippen molar-refractivity contribution in [3.63, 3.8) is 0 Å². The van der Waals surface area contributed by atoms with E-state index in [0.29, 0.717) is 40.7 Å². The Morgan fingerprint density at radius 3 is 2.32 bits per heavy atom. The number of fused-ring (bicyclic) bond motifs is 2. The molecule has 0 N–H and O–H groups in total. The number of allylic oxidation sites excluding steroid dienone is 2. The first-order valence-corrected chi connectivity index (χ1v) is 11.4. The molecule has 0 bridgehead atoms. The van der Waals surface area contributed by atoms with Crippen molar-refractivity contribution in [1.29, 1.82) is 0 Å². The molecule has 0 spiro atoms. The summed E-state index contributed by atoms with van der Waals surface area (Å²) in [5, 5.41) is 0. The monoisotopic (exact) mass is 464 g/mol. The number of carbonyl (C=O) groups excluding carboxylic acids is 1. The van der Waals surface area contributed by atoms with Gasteiger partial charge in [0.15, 0.2) is 17.3 Å². The Balaban J connectivity index is 1.91. The van der Waals surface area contributed by atoms with Crippen molar-refractivity contribution in [2.24, 2.45) is 0 Å². The van der Waals surface area contributed by atoms with Gasteiger partial charge >= 0.3 is 0 Å². The number of ether oxygens (including phenoxy) is 5. The average molecular weight is 465 g/mol. The third kappa shape index (κ3) is 4.37. The lowest BCUT2D eigenvalue weighted by Crippen LogP contribution is -2.30. The van der Waals surface area contributed by atoms with Crippen molar-refractivity contribution in [3.8, 4) is 28.7 Å². The van der Waals surface area contributed by atoms with Crippen LogP contribution in [0.3, 0.4) is 0 Å². The van der Waals surface area contributed by atoms with E-state index in [9.17, 15) is 4.79 Å². The van der Waals surface area contributed by atoms with Gasteiger partial charge in [-0.05, 0) is 52.3 Å². The third-order valence-corrected chi connectivity index (χ3v) is 6.09. The molecule has 0 radical (unpaired) electrons. The molecule has 180 valence electrons. The highest BCUT2D eigenvalue weighted by Gasteiger charge is 2.38. The van der Waals surface area contributed by atoms with Gasteiger partial charge in [0.2, 0.25) is 0 Å². The number of carbonyl (C=O) groups is 1. The Morgan fingerprint density at radius 2 is 1.74 bits per heavy atom. The van der Waals surface area contributed by atoms with Crippen LogP contribution in [0.15, 0.2) is 35.9 Å². The topological polar surface area (TPSA) is 63.2 Å². The van der Waals surface area contributed by atoms with Gasteiger partial charge < -0.3 is 23.7 Å². The molecule has 0 saturated heterocycles. The molecule has 2 aromatic rings. The van der Waals surface area contributed by atoms with Gasteiger partial charge in [0, 0.05) is 22.8 Å². The predicted molar refractivity (Wildman–Crippen MR) is 132 cm³/mol. The first-order valence-electron chi connectivity index (χ1n) is 11.4. The van der Waals surface area contributed by atoms with Crippen molar-refractivity contribution < 1.29 is 28.5 Å². The molecule has 34 heavy (non-hydrogen) atoms. The Labute approximate surface area is 201 Å². The molecule has 4 rings (SSSR count). The molecular formula is C28H32O6. The summed E-state index contributed by atoms with van der Waals surface area (Å²) in [6, 6.07) is 5.55. The van der Waals surface area contributed by atoms with Crippen molar-refractivity contribution >= 4 is 11.9 Å². The van der Waals surface area contributed by atoms with Crippen LogP contribution in [0.25, 0.3) is 6.08 Å². The predicted octanol–water partition coefficient (Wildman–Crippen LogP) is 6.11. The first kappa shape index (κ1) is 23.7. The summed E-state index contributed by atoms with van der Waals surface area (Å²) in [6.45, 7) is 8.06. The van der Waals surface area contributed by atoms with Gasteiger partial charge in [-0.2, -0.15) is 0 Å².